The second-order valence-corrected chi connectivity index (χ2v) is 6.46. The lowest BCUT2D eigenvalue weighted by Crippen LogP contribution is -2.47. The molecule has 4 nitrogen and oxygen atoms in total. The van der Waals surface area contributed by atoms with Gasteiger partial charge < -0.3 is 10.2 Å². The molecule has 0 aliphatic rings. The van der Waals surface area contributed by atoms with E-state index in [1.807, 2.05) is 67.6 Å². The topological polar surface area (TPSA) is 49.4 Å². The highest BCUT2D eigenvalue weighted by atomic mass is 16.2. The first-order valence-electron chi connectivity index (χ1n) is 9.26. The highest BCUT2D eigenvalue weighted by Gasteiger charge is 2.25. The molecule has 0 spiro atoms. The van der Waals surface area contributed by atoms with Crippen LogP contribution in [0.4, 0.5) is 0 Å². The highest BCUT2D eigenvalue weighted by molar-refractivity contribution is 5.87. The van der Waals surface area contributed by atoms with Gasteiger partial charge in [-0.25, -0.2) is 0 Å². The summed E-state index contributed by atoms with van der Waals surface area (Å²) >= 11 is 0. The van der Waals surface area contributed by atoms with Crippen molar-refractivity contribution in [1.29, 1.82) is 0 Å². The van der Waals surface area contributed by atoms with Gasteiger partial charge in [-0.2, -0.15) is 0 Å². The van der Waals surface area contributed by atoms with Gasteiger partial charge >= 0.3 is 0 Å². The van der Waals surface area contributed by atoms with Gasteiger partial charge in [-0.3, -0.25) is 9.59 Å². The quantitative estimate of drug-likeness (QED) is 0.750. The Balaban J connectivity index is 1.96. The minimum Gasteiger partial charge on any atom is -0.354 e. The molecule has 0 saturated carbocycles. The number of benzene rings is 2. The summed E-state index contributed by atoms with van der Waals surface area (Å²) < 4.78 is 0. The molecule has 0 radical (unpaired) electrons. The van der Waals surface area contributed by atoms with E-state index >= 15 is 0 Å². The Labute approximate surface area is 156 Å². The number of amides is 2. The molecule has 1 N–H and O–H groups in total. The standard InChI is InChI=1S/C22H28N2O2/c1-3-10-21(25)24(17-20-13-8-5-9-14-20)18(2)22(26)23-16-15-19-11-6-4-7-12-19/h4-9,11-14,18H,3,10,15-17H2,1-2H3,(H,23,26)/t18-/m0/s1. The van der Waals surface area contributed by atoms with E-state index in [4.69, 9.17) is 0 Å². The van der Waals surface area contributed by atoms with Gasteiger partial charge in [0.15, 0.2) is 0 Å². The first kappa shape index (κ1) is 19.7. The molecule has 2 rings (SSSR count). The second kappa shape index (κ2) is 10.4. The lowest BCUT2D eigenvalue weighted by Gasteiger charge is -2.28. The molecule has 1 atom stereocenters. The molecule has 0 saturated heterocycles. The van der Waals surface area contributed by atoms with Crippen molar-refractivity contribution < 1.29 is 9.59 Å². The third-order valence-electron chi connectivity index (χ3n) is 4.38. The molecule has 0 fully saturated rings. The third-order valence-corrected chi connectivity index (χ3v) is 4.38. The maximum atomic E-state index is 12.6. The average molecular weight is 352 g/mol. The van der Waals surface area contributed by atoms with Crippen LogP contribution in [0.25, 0.3) is 0 Å². The van der Waals surface area contributed by atoms with Crippen LogP contribution in [0, 0.1) is 0 Å². The minimum absolute atomic E-state index is 0.0158. The fraction of sp³-hybridized carbons (Fsp3) is 0.364. The smallest absolute Gasteiger partial charge is 0.242 e. The molecule has 2 amide bonds. The number of carbonyl (C=O) groups is 2. The summed E-state index contributed by atoms with van der Waals surface area (Å²) in [6.07, 6.45) is 2.00. The summed E-state index contributed by atoms with van der Waals surface area (Å²) in [5.74, 6) is -0.0941. The van der Waals surface area contributed by atoms with E-state index in [1.165, 1.54) is 5.56 Å². The van der Waals surface area contributed by atoms with Crippen molar-refractivity contribution in [2.24, 2.45) is 0 Å². The first-order valence-corrected chi connectivity index (χ1v) is 9.26. The maximum absolute atomic E-state index is 12.6. The SMILES string of the molecule is CCCC(=O)N(Cc1ccccc1)[C@@H](C)C(=O)NCCc1ccccc1. The van der Waals surface area contributed by atoms with Crippen molar-refractivity contribution in [2.75, 3.05) is 6.54 Å². The summed E-state index contributed by atoms with van der Waals surface area (Å²) in [7, 11) is 0. The van der Waals surface area contributed by atoms with Gasteiger partial charge in [0.1, 0.15) is 6.04 Å². The van der Waals surface area contributed by atoms with Crippen molar-refractivity contribution in [3.05, 3.63) is 71.8 Å². The molecular formula is C22H28N2O2. The van der Waals surface area contributed by atoms with Crippen LogP contribution in [0.2, 0.25) is 0 Å². The highest BCUT2D eigenvalue weighted by Crippen LogP contribution is 2.11. The van der Waals surface area contributed by atoms with Gasteiger partial charge in [0.2, 0.25) is 11.8 Å². The summed E-state index contributed by atoms with van der Waals surface area (Å²) in [6.45, 7) is 4.79. The first-order chi connectivity index (χ1) is 12.6. The molecule has 26 heavy (non-hydrogen) atoms. The Morgan fingerprint density at radius 2 is 1.54 bits per heavy atom. The lowest BCUT2D eigenvalue weighted by atomic mass is 10.1. The van der Waals surface area contributed by atoms with E-state index in [0.717, 1.165) is 18.4 Å². The summed E-state index contributed by atoms with van der Waals surface area (Å²) in [5, 5.41) is 2.96. The van der Waals surface area contributed by atoms with Gasteiger partial charge in [-0.15, -0.1) is 0 Å². The van der Waals surface area contributed by atoms with E-state index in [9.17, 15) is 9.59 Å². The van der Waals surface area contributed by atoms with E-state index < -0.39 is 6.04 Å². The zero-order chi connectivity index (χ0) is 18.8. The van der Waals surface area contributed by atoms with Crippen molar-refractivity contribution in [1.82, 2.24) is 10.2 Å². The Morgan fingerprint density at radius 1 is 0.962 bits per heavy atom. The fourth-order valence-electron chi connectivity index (χ4n) is 2.84. The van der Waals surface area contributed by atoms with E-state index in [0.29, 0.717) is 19.5 Å². The van der Waals surface area contributed by atoms with Gasteiger partial charge in [-0.1, -0.05) is 67.6 Å². The number of rotatable bonds is 9. The molecule has 0 heterocycles. The second-order valence-electron chi connectivity index (χ2n) is 6.46. The van der Waals surface area contributed by atoms with Crippen LogP contribution >= 0.6 is 0 Å². The molecule has 4 heteroatoms. The van der Waals surface area contributed by atoms with Gasteiger partial charge in [0.25, 0.3) is 0 Å². The Kier molecular flexibility index (Phi) is 7.87. The molecule has 0 aromatic heterocycles. The van der Waals surface area contributed by atoms with Crippen LogP contribution in [0.1, 0.15) is 37.8 Å². The van der Waals surface area contributed by atoms with E-state index in [1.54, 1.807) is 11.8 Å². The number of nitrogens with zero attached hydrogens (tertiary/aromatic N) is 1. The molecule has 0 bridgehead atoms. The zero-order valence-corrected chi connectivity index (χ0v) is 15.7. The summed E-state index contributed by atoms with van der Waals surface area (Å²) in [5.41, 5.74) is 2.21. The monoisotopic (exact) mass is 352 g/mol. The van der Waals surface area contributed by atoms with E-state index in [2.05, 4.69) is 5.32 Å². The third kappa shape index (κ3) is 6.03. The van der Waals surface area contributed by atoms with E-state index in [-0.39, 0.29) is 11.8 Å². The fourth-order valence-corrected chi connectivity index (χ4v) is 2.84. The molecule has 138 valence electrons. The van der Waals surface area contributed by atoms with Crippen molar-refractivity contribution in [3.8, 4) is 0 Å². The van der Waals surface area contributed by atoms with Crippen LogP contribution in [-0.4, -0.2) is 29.3 Å². The van der Waals surface area contributed by atoms with Crippen molar-refractivity contribution in [2.45, 2.75) is 45.7 Å². The van der Waals surface area contributed by atoms with Crippen LogP contribution in [-0.2, 0) is 22.6 Å². The summed E-state index contributed by atoms with van der Waals surface area (Å²) in [4.78, 5) is 26.8. The Hall–Kier alpha value is -2.62. The van der Waals surface area contributed by atoms with Crippen molar-refractivity contribution in [3.63, 3.8) is 0 Å². The molecular weight excluding hydrogens is 324 g/mol. The predicted octanol–water partition coefficient (Wildman–Crippen LogP) is 3.56. The molecule has 0 unspecified atom stereocenters. The number of hydrogen-bond acceptors (Lipinski definition) is 2. The molecule has 0 aliphatic heterocycles. The lowest BCUT2D eigenvalue weighted by molar-refractivity contribution is -0.140. The number of carbonyl (C=O) groups excluding carboxylic acids is 2. The predicted molar refractivity (Wildman–Crippen MR) is 105 cm³/mol. The van der Waals surface area contributed by atoms with Crippen LogP contribution < -0.4 is 5.32 Å². The normalized spacial score (nSPS) is 11.6. The minimum atomic E-state index is -0.495. The van der Waals surface area contributed by atoms with Crippen LogP contribution in [0.15, 0.2) is 60.7 Å². The molecule has 0 aliphatic carbocycles. The van der Waals surface area contributed by atoms with Crippen molar-refractivity contribution >= 4 is 11.8 Å². The van der Waals surface area contributed by atoms with Crippen LogP contribution in [0.5, 0.6) is 0 Å². The van der Waals surface area contributed by atoms with Crippen LogP contribution in [0.3, 0.4) is 0 Å². The van der Waals surface area contributed by atoms with Gasteiger partial charge in [0, 0.05) is 19.5 Å². The number of hydrogen-bond donors (Lipinski definition) is 1. The maximum Gasteiger partial charge on any atom is 0.242 e. The largest absolute Gasteiger partial charge is 0.354 e. The summed E-state index contributed by atoms with van der Waals surface area (Å²) in [6, 6.07) is 19.3. The van der Waals surface area contributed by atoms with Gasteiger partial charge in [-0.05, 0) is 30.9 Å². The zero-order valence-electron chi connectivity index (χ0n) is 15.7. The van der Waals surface area contributed by atoms with Gasteiger partial charge in [0.05, 0.1) is 0 Å². The molecule has 2 aromatic carbocycles. The molecule has 2 aromatic rings. The Bertz CT molecular complexity index is 686. The number of nitrogens with one attached hydrogen (secondary N) is 1. The Morgan fingerprint density at radius 3 is 2.12 bits per heavy atom. The average Bonchev–Trinajstić information content (AvgIpc) is 2.67.